The lowest BCUT2D eigenvalue weighted by atomic mass is 10.1. The van der Waals surface area contributed by atoms with Crippen LogP contribution in [0.25, 0.3) is 11.0 Å². The van der Waals surface area contributed by atoms with Gasteiger partial charge in [0.25, 0.3) is 0 Å². The van der Waals surface area contributed by atoms with Gasteiger partial charge in [-0.25, -0.2) is 0 Å². The fourth-order valence-electron chi connectivity index (χ4n) is 3.25. The average Bonchev–Trinajstić information content (AvgIpc) is 3.39. The molecule has 2 atom stereocenters. The van der Waals surface area contributed by atoms with E-state index in [-0.39, 0.29) is 30.9 Å². The Bertz CT molecular complexity index is 1060. The summed E-state index contributed by atoms with van der Waals surface area (Å²) in [7, 11) is 1.81. The molecule has 4 rings (SSSR count). The maximum Gasteiger partial charge on any atom is 0.246 e. The summed E-state index contributed by atoms with van der Waals surface area (Å²) < 4.78 is 7.57. The summed E-state index contributed by atoms with van der Waals surface area (Å²) in [6.07, 6.45) is 5.59. The van der Waals surface area contributed by atoms with Gasteiger partial charge < -0.3 is 25.0 Å². The van der Waals surface area contributed by atoms with Gasteiger partial charge in [0.1, 0.15) is 5.65 Å². The lowest BCUT2D eigenvalue weighted by molar-refractivity contribution is -0.125. The van der Waals surface area contributed by atoms with Crippen LogP contribution in [-0.4, -0.2) is 66.4 Å². The SMILES string of the molecule is C=CC(=O)N1CC(O)C(COc2nc(Nc3cnn(C)c3)nc3[nH]cc(Cl)c23)C1. The Morgan fingerprint density at radius 2 is 2.34 bits per heavy atom. The van der Waals surface area contributed by atoms with E-state index in [1.165, 1.54) is 6.08 Å². The Balaban J connectivity index is 1.55. The molecule has 3 aromatic heterocycles. The van der Waals surface area contributed by atoms with Crippen molar-refractivity contribution in [3.63, 3.8) is 0 Å². The zero-order chi connectivity index (χ0) is 20.5. The van der Waals surface area contributed by atoms with E-state index in [0.717, 1.165) is 5.69 Å². The van der Waals surface area contributed by atoms with E-state index in [1.54, 1.807) is 28.2 Å². The predicted molar refractivity (Wildman–Crippen MR) is 107 cm³/mol. The number of rotatable bonds is 6. The van der Waals surface area contributed by atoms with E-state index in [0.29, 0.717) is 28.5 Å². The number of halogens is 1. The Kier molecular flexibility index (Phi) is 5.12. The van der Waals surface area contributed by atoms with Crippen LogP contribution in [0.3, 0.4) is 0 Å². The number of hydrogen-bond acceptors (Lipinski definition) is 7. The Morgan fingerprint density at radius 3 is 3.07 bits per heavy atom. The van der Waals surface area contributed by atoms with Crippen LogP contribution in [0, 0.1) is 5.92 Å². The summed E-state index contributed by atoms with van der Waals surface area (Å²) in [5.74, 6) is 0.131. The van der Waals surface area contributed by atoms with Gasteiger partial charge in [0.15, 0.2) is 0 Å². The summed E-state index contributed by atoms with van der Waals surface area (Å²) in [5, 5.41) is 18.4. The molecule has 2 unspecified atom stereocenters. The number of amides is 1. The number of fused-ring (bicyclic) bond motifs is 1. The lowest BCUT2D eigenvalue weighted by Crippen LogP contribution is -2.27. The first kappa shape index (κ1) is 19.2. The number of nitrogens with one attached hydrogen (secondary N) is 2. The van der Waals surface area contributed by atoms with Gasteiger partial charge in [-0.2, -0.15) is 15.1 Å². The highest BCUT2D eigenvalue weighted by molar-refractivity contribution is 6.35. The predicted octanol–water partition coefficient (Wildman–Crippen LogP) is 1.47. The van der Waals surface area contributed by atoms with Gasteiger partial charge in [-0.1, -0.05) is 18.2 Å². The molecule has 10 nitrogen and oxygen atoms in total. The van der Waals surface area contributed by atoms with Crippen LogP contribution >= 0.6 is 11.6 Å². The van der Waals surface area contributed by atoms with Crippen molar-refractivity contribution in [1.29, 1.82) is 0 Å². The third kappa shape index (κ3) is 3.89. The molecule has 0 saturated carbocycles. The molecule has 3 N–H and O–H groups in total. The molecule has 0 aliphatic carbocycles. The first-order valence-electron chi connectivity index (χ1n) is 8.97. The molecule has 4 heterocycles. The summed E-state index contributed by atoms with van der Waals surface area (Å²) in [4.78, 5) is 25.2. The molecule has 1 aliphatic heterocycles. The number of hydrogen-bond donors (Lipinski definition) is 3. The van der Waals surface area contributed by atoms with E-state index in [9.17, 15) is 9.90 Å². The average molecular weight is 418 g/mol. The molecule has 0 spiro atoms. The van der Waals surface area contributed by atoms with Crippen LogP contribution in [0.15, 0.2) is 31.2 Å². The van der Waals surface area contributed by atoms with Gasteiger partial charge in [-0.05, 0) is 6.08 Å². The molecule has 1 aliphatic rings. The van der Waals surface area contributed by atoms with Crippen LogP contribution in [0.5, 0.6) is 5.88 Å². The van der Waals surface area contributed by atoms with Crippen LogP contribution in [0.4, 0.5) is 11.6 Å². The summed E-state index contributed by atoms with van der Waals surface area (Å²) in [6, 6.07) is 0. The van der Waals surface area contributed by atoms with E-state index in [4.69, 9.17) is 16.3 Å². The molecular weight excluding hydrogens is 398 g/mol. The molecule has 1 saturated heterocycles. The van der Waals surface area contributed by atoms with Crippen molar-refractivity contribution in [2.24, 2.45) is 13.0 Å². The summed E-state index contributed by atoms with van der Waals surface area (Å²) in [6.45, 7) is 4.27. The normalized spacial score (nSPS) is 18.9. The van der Waals surface area contributed by atoms with Gasteiger partial charge >= 0.3 is 0 Å². The maximum atomic E-state index is 11.8. The number of β-amino-alcohol motifs (C(OH)–C–C–N with tert-alkyl or cyclic N) is 1. The van der Waals surface area contributed by atoms with Crippen LogP contribution in [-0.2, 0) is 11.8 Å². The molecule has 0 aromatic carbocycles. The minimum absolute atomic E-state index is 0.169. The largest absolute Gasteiger partial charge is 0.477 e. The fraction of sp³-hybridized carbons (Fsp3) is 0.333. The minimum Gasteiger partial charge on any atom is -0.477 e. The molecule has 0 bridgehead atoms. The van der Waals surface area contributed by atoms with Gasteiger partial charge in [0, 0.05) is 38.4 Å². The van der Waals surface area contributed by atoms with Crippen molar-refractivity contribution in [1.82, 2.24) is 29.6 Å². The molecule has 0 radical (unpaired) electrons. The molecule has 11 heteroatoms. The monoisotopic (exact) mass is 417 g/mol. The zero-order valence-electron chi connectivity index (χ0n) is 15.7. The topological polar surface area (TPSA) is 121 Å². The number of aliphatic hydroxyl groups excluding tert-OH is 1. The van der Waals surface area contributed by atoms with Gasteiger partial charge in [0.05, 0.1) is 35.0 Å². The number of carbonyl (C=O) groups excluding carboxylic acids is 1. The Labute approximate surface area is 171 Å². The summed E-state index contributed by atoms with van der Waals surface area (Å²) >= 11 is 6.26. The summed E-state index contributed by atoms with van der Waals surface area (Å²) in [5.41, 5.74) is 1.24. The molecular formula is C18H20ClN7O3. The van der Waals surface area contributed by atoms with E-state index in [2.05, 4.69) is 31.9 Å². The number of anilines is 2. The van der Waals surface area contributed by atoms with Crippen molar-refractivity contribution in [3.05, 3.63) is 36.3 Å². The van der Waals surface area contributed by atoms with Crippen LogP contribution in [0.1, 0.15) is 0 Å². The third-order valence-electron chi connectivity index (χ3n) is 4.74. The number of ether oxygens (including phenoxy) is 1. The number of carbonyl (C=O) groups is 1. The van der Waals surface area contributed by atoms with Gasteiger partial charge in [0.2, 0.25) is 17.7 Å². The first-order valence-corrected chi connectivity index (χ1v) is 9.35. The van der Waals surface area contributed by atoms with Crippen molar-refractivity contribution < 1.29 is 14.6 Å². The second-order valence-corrected chi connectivity index (χ2v) is 7.23. The number of aromatic amines is 1. The van der Waals surface area contributed by atoms with Crippen molar-refractivity contribution in [2.75, 3.05) is 25.0 Å². The molecule has 1 fully saturated rings. The van der Waals surface area contributed by atoms with E-state index >= 15 is 0 Å². The number of aliphatic hydroxyl groups is 1. The number of aromatic nitrogens is 5. The minimum atomic E-state index is -0.689. The smallest absolute Gasteiger partial charge is 0.246 e. The highest BCUT2D eigenvalue weighted by atomic mass is 35.5. The molecule has 3 aromatic rings. The van der Waals surface area contributed by atoms with Gasteiger partial charge in [-0.3, -0.25) is 9.48 Å². The molecule has 1 amide bonds. The maximum absolute atomic E-state index is 11.8. The lowest BCUT2D eigenvalue weighted by Gasteiger charge is -2.15. The highest BCUT2D eigenvalue weighted by Crippen LogP contribution is 2.32. The van der Waals surface area contributed by atoms with Crippen molar-refractivity contribution >= 4 is 40.2 Å². The molecule has 29 heavy (non-hydrogen) atoms. The van der Waals surface area contributed by atoms with E-state index in [1.807, 2.05) is 7.05 Å². The Hall–Kier alpha value is -3.11. The third-order valence-corrected chi connectivity index (χ3v) is 5.04. The number of H-pyrrole nitrogens is 1. The number of likely N-dealkylation sites (tertiary alicyclic amines) is 1. The van der Waals surface area contributed by atoms with Crippen LogP contribution in [0.2, 0.25) is 5.02 Å². The number of nitrogens with zero attached hydrogens (tertiary/aromatic N) is 5. The Morgan fingerprint density at radius 1 is 1.52 bits per heavy atom. The van der Waals surface area contributed by atoms with Crippen molar-refractivity contribution in [2.45, 2.75) is 6.10 Å². The quantitative estimate of drug-likeness (QED) is 0.519. The van der Waals surface area contributed by atoms with Crippen LogP contribution < -0.4 is 10.1 Å². The fourth-order valence-corrected chi connectivity index (χ4v) is 3.48. The van der Waals surface area contributed by atoms with Gasteiger partial charge in [-0.15, -0.1) is 0 Å². The highest BCUT2D eigenvalue weighted by Gasteiger charge is 2.34. The second kappa shape index (κ2) is 7.72. The first-order chi connectivity index (χ1) is 13.9. The standard InChI is InChI=1S/C18H20ClN7O3/c1-3-14(28)26-6-10(13(27)8-26)9-29-17-15-12(19)5-20-16(15)23-18(24-17)22-11-4-21-25(2)7-11/h3-5,7,10,13,27H,1,6,8-9H2,2H3,(H2,20,22,23,24). The van der Waals surface area contributed by atoms with Crippen molar-refractivity contribution in [3.8, 4) is 5.88 Å². The second-order valence-electron chi connectivity index (χ2n) is 6.83. The zero-order valence-corrected chi connectivity index (χ0v) is 16.4. The number of aryl methyl sites for hydroxylation is 1. The van der Waals surface area contributed by atoms with E-state index < -0.39 is 6.10 Å². The molecule has 152 valence electrons.